The van der Waals surface area contributed by atoms with Crippen molar-refractivity contribution in [2.24, 2.45) is 5.73 Å². The minimum absolute atomic E-state index is 0. The maximum absolute atomic E-state index is 11.9. The first-order valence-corrected chi connectivity index (χ1v) is 12.9. The molecule has 198 valence electrons. The third-order valence-corrected chi connectivity index (χ3v) is 5.48. The van der Waals surface area contributed by atoms with Crippen LogP contribution in [-0.2, 0) is 28.7 Å². The van der Waals surface area contributed by atoms with Crippen LogP contribution in [0, 0.1) is 0 Å². The molecule has 0 aromatic carbocycles. The molecule has 0 bridgehead atoms. The fourth-order valence-corrected chi connectivity index (χ4v) is 3.39. The molecule has 0 heterocycles. The normalized spacial score (nSPS) is 10.8. The second-order valence-electron chi connectivity index (χ2n) is 8.68. The summed E-state index contributed by atoms with van der Waals surface area (Å²) in [6.07, 6.45) is 18.0. The van der Waals surface area contributed by atoms with Crippen molar-refractivity contribution in [2.75, 3.05) is 0 Å². The standard InChI is InChI=1S/C27H45NO6.2Na.2H/c1-3-5-7-9-11-13-15-17-19-24(29)33-26(31)22-21-23(28)27(32)34-25(30)20-18-16-14-12-10-8-6-4-2;;;;/h3-4,23H,1-2,5-22,28H2;;;;/t23-;;;;/m0..../s1. The summed E-state index contributed by atoms with van der Waals surface area (Å²) in [5.74, 6) is -2.76. The Hall–Kier alpha value is -0.280. The number of allylic oxidation sites excluding steroid dienone is 2. The summed E-state index contributed by atoms with van der Waals surface area (Å²) in [4.78, 5) is 47.2. The van der Waals surface area contributed by atoms with Crippen LogP contribution in [0.2, 0.25) is 0 Å². The number of esters is 4. The van der Waals surface area contributed by atoms with Gasteiger partial charge in [-0.15, -0.1) is 13.2 Å². The van der Waals surface area contributed by atoms with Crippen molar-refractivity contribution in [3.63, 3.8) is 0 Å². The average molecular weight is 528 g/mol. The van der Waals surface area contributed by atoms with Crippen molar-refractivity contribution in [2.45, 2.75) is 122 Å². The number of ether oxygens (including phenoxy) is 2. The number of hydrogen-bond donors (Lipinski definition) is 1. The van der Waals surface area contributed by atoms with E-state index in [2.05, 4.69) is 13.2 Å². The van der Waals surface area contributed by atoms with Crippen molar-refractivity contribution in [1.82, 2.24) is 0 Å². The van der Waals surface area contributed by atoms with E-state index in [9.17, 15) is 19.2 Å². The second kappa shape index (κ2) is 29.3. The number of nitrogens with two attached hydrogens (primary N) is 1. The molecule has 0 amide bonds. The molecular weight excluding hydrogens is 480 g/mol. The van der Waals surface area contributed by atoms with Gasteiger partial charge in [0, 0.05) is 19.3 Å². The monoisotopic (exact) mass is 527 g/mol. The molecule has 0 aliphatic carbocycles. The van der Waals surface area contributed by atoms with Crippen LogP contribution in [0.1, 0.15) is 116 Å². The number of carbonyl (C=O) groups excluding carboxylic acids is 4. The first-order valence-electron chi connectivity index (χ1n) is 12.9. The molecule has 0 spiro atoms. The van der Waals surface area contributed by atoms with Crippen molar-refractivity contribution in [3.05, 3.63) is 25.3 Å². The van der Waals surface area contributed by atoms with Crippen LogP contribution in [0.15, 0.2) is 25.3 Å². The molecule has 0 aliphatic rings. The number of hydrogen-bond acceptors (Lipinski definition) is 7. The van der Waals surface area contributed by atoms with E-state index in [-0.39, 0.29) is 84.8 Å². The Balaban J connectivity index is -0.00000544. The van der Waals surface area contributed by atoms with Gasteiger partial charge in [0.15, 0.2) is 0 Å². The van der Waals surface area contributed by atoms with Gasteiger partial charge in [0.25, 0.3) is 0 Å². The third-order valence-electron chi connectivity index (χ3n) is 5.48. The molecule has 0 fully saturated rings. The van der Waals surface area contributed by atoms with Gasteiger partial charge >= 0.3 is 83.0 Å². The van der Waals surface area contributed by atoms with Crippen LogP contribution < -0.4 is 5.73 Å². The van der Waals surface area contributed by atoms with E-state index in [4.69, 9.17) is 15.2 Å². The van der Waals surface area contributed by atoms with Crippen molar-refractivity contribution >= 4 is 83.0 Å². The van der Waals surface area contributed by atoms with E-state index in [1.54, 1.807) is 0 Å². The van der Waals surface area contributed by atoms with Crippen LogP contribution in [0.5, 0.6) is 0 Å². The number of rotatable bonds is 22. The zero-order valence-electron chi connectivity index (χ0n) is 20.9. The molecule has 36 heavy (non-hydrogen) atoms. The third kappa shape index (κ3) is 26.8. The Morgan fingerprint density at radius 3 is 1.39 bits per heavy atom. The Labute approximate surface area is 262 Å². The fourth-order valence-electron chi connectivity index (χ4n) is 3.39. The zero-order valence-corrected chi connectivity index (χ0v) is 20.9. The van der Waals surface area contributed by atoms with E-state index in [0.29, 0.717) is 12.8 Å². The summed E-state index contributed by atoms with van der Waals surface area (Å²) in [5.41, 5.74) is 5.70. The van der Waals surface area contributed by atoms with Gasteiger partial charge in [-0.05, 0) is 44.9 Å². The van der Waals surface area contributed by atoms with Gasteiger partial charge in [-0.1, -0.05) is 63.5 Å². The van der Waals surface area contributed by atoms with Crippen LogP contribution >= 0.6 is 0 Å². The van der Waals surface area contributed by atoms with E-state index in [1.807, 2.05) is 12.2 Å². The van der Waals surface area contributed by atoms with Gasteiger partial charge in [-0.2, -0.15) is 0 Å². The maximum atomic E-state index is 11.9. The molecule has 0 unspecified atom stereocenters. The predicted molar refractivity (Wildman–Crippen MR) is 148 cm³/mol. The van der Waals surface area contributed by atoms with Crippen molar-refractivity contribution in [1.29, 1.82) is 0 Å². The molecule has 7 nitrogen and oxygen atoms in total. The summed E-state index contributed by atoms with van der Waals surface area (Å²) < 4.78 is 9.51. The Bertz CT molecular complexity index is 627. The second-order valence-corrected chi connectivity index (χ2v) is 8.68. The van der Waals surface area contributed by atoms with Gasteiger partial charge in [-0.3, -0.25) is 14.4 Å². The summed E-state index contributed by atoms with van der Waals surface area (Å²) in [6.45, 7) is 7.38. The Morgan fingerprint density at radius 2 is 0.944 bits per heavy atom. The van der Waals surface area contributed by atoms with E-state index < -0.39 is 29.9 Å². The minimum atomic E-state index is -1.11. The summed E-state index contributed by atoms with van der Waals surface area (Å²) >= 11 is 0. The molecule has 1 atom stereocenters. The Morgan fingerprint density at radius 1 is 0.583 bits per heavy atom. The molecule has 0 rings (SSSR count). The van der Waals surface area contributed by atoms with Crippen LogP contribution in [0.25, 0.3) is 0 Å². The van der Waals surface area contributed by atoms with Crippen molar-refractivity contribution < 1.29 is 28.7 Å². The molecule has 0 aromatic rings. The molecule has 0 aliphatic heterocycles. The SMILES string of the molecule is C=CCCCCCCCCC(=O)OC(=O)CC[C@H](N)C(=O)OC(=O)CCCCCCCCC=C.[NaH].[NaH]. The molecule has 0 aromatic heterocycles. The zero-order chi connectivity index (χ0) is 25.4. The molecular formula is C27H47NNa2O6. The summed E-state index contributed by atoms with van der Waals surface area (Å²) in [7, 11) is 0. The van der Waals surface area contributed by atoms with Gasteiger partial charge < -0.3 is 15.2 Å². The van der Waals surface area contributed by atoms with E-state index >= 15 is 0 Å². The van der Waals surface area contributed by atoms with Gasteiger partial charge in [-0.25, -0.2) is 4.79 Å². The number of carbonyl (C=O) groups is 4. The van der Waals surface area contributed by atoms with Crippen LogP contribution in [0.3, 0.4) is 0 Å². The van der Waals surface area contributed by atoms with E-state index in [0.717, 1.165) is 77.0 Å². The average Bonchev–Trinajstić information content (AvgIpc) is 2.80. The fraction of sp³-hybridized carbons (Fsp3) is 0.704. The van der Waals surface area contributed by atoms with Gasteiger partial charge in [0.1, 0.15) is 6.04 Å². The topological polar surface area (TPSA) is 113 Å². The molecule has 0 saturated heterocycles. The number of unbranched alkanes of at least 4 members (excludes halogenated alkanes) is 12. The van der Waals surface area contributed by atoms with Crippen LogP contribution in [-0.4, -0.2) is 89.0 Å². The molecule has 0 radical (unpaired) electrons. The summed E-state index contributed by atoms with van der Waals surface area (Å²) in [6, 6.07) is -1.11. The Kier molecular flexibility index (Phi) is 32.7. The predicted octanol–water partition coefficient (Wildman–Crippen LogP) is 4.55. The van der Waals surface area contributed by atoms with E-state index in [1.165, 1.54) is 0 Å². The summed E-state index contributed by atoms with van der Waals surface area (Å²) in [5, 5.41) is 0. The quantitative estimate of drug-likeness (QED) is 0.0722. The van der Waals surface area contributed by atoms with Gasteiger partial charge in [0.2, 0.25) is 0 Å². The molecule has 0 saturated carbocycles. The first-order chi connectivity index (χ1) is 16.4. The molecule has 2 N–H and O–H groups in total. The van der Waals surface area contributed by atoms with Crippen molar-refractivity contribution in [3.8, 4) is 0 Å². The van der Waals surface area contributed by atoms with Crippen LogP contribution in [0.4, 0.5) is 0 Å². The van der Waals surface area contributed by atoms with Gasteiger partial charge in [0.05, 0.1) is 0 Å². The first kappa shape index (κ1) is 40.2. The molecule has 9 heteroatoms.